The average Bonchev–Trinajstić information content (AvgIpc) is 2.61. The maximum atomic E-state index is 6.88. The van der Waals surface area contributed by atoms with Crippen LogP contribution >= 0.6 is 0 Å². The van der Waals surface area contributed by atoms with Crippen molar-refractivity contribution in [1.29, 1.82) is 0 Å². The normalized spacial score (nSPS) is 13.9. The third-order valence-corrected chi connectivity index (χ3v) is 20.1. The van der Waals surface area contributed by atoms with Crippen molar-refractivity contribution in [3.05, 3.63) is 60.7 Å². The molecule has 0 fully saturated rings. The molecule has 1 atom stereocenters. The van der Waals surface area contributed by atoms with E-state index in [1.807, 2.05) is 12.1 Å². The summed E-state index contributed by atoms with van der Waals surface area (Å²) in [6.07, 6.45) is 0. The van der Waals surface area contributed by atoms with Gasteiger partial charge in [0.05, 0.1) is 0 Å². The topological polar surface area (TPSA) is 36.9 Å². The molecule has 0 aromatic heterocycles. The summed E-state index contributed by atoms with van der Waals surface area (Å²) in [6.45, 7) is 15.2. The standard InChI is InChI=1S/C19H34O4Si5/c1-24(2)20-26(22-27(5,6)21-25(3)4)23-28(7,18-14-10-8-11-15-18)19-16-12-9-13-17-19/h8-17,24-26H,1-7H3. The largest absolute Gasteiger partial charge is 0.454 e. The van der Waals surface area contributed by atoms with E-state index < -0.39 is 44.5 Å². The van der Waals surface area contributed by atoms with E-state index >= 15 is 0 Å². The van der Waals surface area contributed by atoms with E-state index in [0.717, 1.165) is 0 Å². The van der Waals surface area contributed by atoms with Crippen molar-refractivity contribution in [1.82, 2.24) is 0 Å². The summed E-state index contributed by atoms with van der Waals surface area (Å²) in [5, 5.41) is 2.46. The summed E-state index contributed by atoms with van der Waals surface area (Å²) in [6, 6.07) is 21.1. The van der Waals surface area contributed by atoms with Crippen LogP contribution in [0.5, 0.6) is 0 Å². The molecule has 0 radical (unpaired) electrons. The minimum absolute atomic E-state index is 1.19. The Hall–Kier alpha value is -0.636. The highest BCUT2D eigenvalue weighted by molar-refractivity contribution is 6.99. The minimum atomic E-state index is -2.46. The highest BCUT2D eigenvalue weighted by atomic mass is 28.5. The van der Waals surface area contributed by atoms with Crippen LogP contribution in [0.4, 0.5) is 0 Å². The van der Waals surface area contributed by atoms with Crippen molar-refractivity contribution in [2.45, 2.75) is 45.8 Å². The molecule has 28 heavy (non-hydrogen) atoms. The van der Waals surface area contributed by atoms with E-state index in [4.69, 9.17) is 16.5 Å². The third-order valence-electron chi connectivity index (χ3n) is 4.26. The fourth-order valence-corrected chi connectivity index (χ4v) is 18.7. The number of rotatable bonds is 10. The second-order valence-corrected chi connectivity index (χ2v) is 22.8. The molecule has 2 aromatic carbocycles. The first-order valence-corrected chi connectivity index (χ1v) is 22.1. The van der Waals surface area contributed by atoms with Crippen LogP contribution in [0, 0.1) is 0 Å². The first-order valence-electron chi connectivity index (χ1n) is 9.92. The van der Waals surface area contributed by atoms with Gasteiger partial charge in [0, 0.05) is 0 Å². The molecule has 154 valence electrons. The van der Waals surface area contributed by atoms with Gasteiger partial charge in [-0.05, 0) is 56.2 Å². The van der Waals surface area contributed by atoms with Gasteiger partial charge < -0.3 is 16.5 Å². The quantitative estimate of drug-likeness (QED) is 0.505. The van der Waals surface area contributed by atoms with Crippen LogP contribution in [0.2, 0.25) is 45.8 Å². The lowest BCUT2D eigenvalue weighted by Gasteiger charge is -2.36. The summed E-state index contributed by atoms with van der Waals surface area (Å²) in [5.41, 5.74) is 0. The van der Waals surface area contributed by atoms with Crippen LogP contribution in [0.1, 0.15) is 0 Å². The van der Waals surface area contributed by atoms with E-state index in [1.54, 1.807) is 0 Å². The Morgan fingerprint density at radius 3 is 1.46 bits per heavy atom. The van der Waals surface area contributed by atoms with Crippen molar-refractivity contribution < 1.29 is 16.5 Å². The van der Waals surface area contributed by atoms with Gasteiger partial charge in [0.2, 0.25) is 8.32 Å². The molecule has 0 bridgehead atoms. The zero-order valence-electron chi connectivity index (χ0n) is 18.1. The number of hydrogen-bond donors (Lipinski definition) is 0. The molecular weight excluding hydrogens is 433 g/mol. The number of hydrogen-bond acceptors (Lipinski definition) is 4. The van der Waals surface area contributed by atoms with E-state index in [0.29, 0.717) is 0 Å². The SMILES string of the molecule is C[SiH](C)O[SiH](O[Si](C)(C)O[SiH](C)C)O[Si](C)(c1ccccc1)c1ccccc1. The van der Waals surface area contributed by atoms with Gasteiger partial charge >= 0.3 is 18.1 Å². The van der Waals surface area contributed by atoms with Crippen molar-refractivity contribution in [3.8, 4) is 0 Å². The second kappa shape index (κ2) is 10.4. The molecule has 0 saturated heterocycles. The van der Waals surface area contributed by atoms with Gasteiger partial charge in [-0.15, -0.1) is 0 Å². The van der Waals surface area contributed by atoms with Crippen LogP contribution in [0.3, 0.4) is 0 Å². The Morgan fingerprint density at radius 1 is 0.607 bits per heavy atom. The summed E-state index contributed by atoms with van der Waals surface area (Å²) in [7, 11) is -9.61. The monoisotopic (exact) mass is 466 g/mol. The second-order valence-electron chi connectivity index (χ2n) is 8.04. The third kappa shape index (κ3) is 7.00. The molecule has 0 saturated carbocycles. The van der Waals surface area contributed by atoms with Crippen LogP contribution in [-0.4, -0.2) is 44.5 Å². The molecule has 0 N–H and O–H groups in total. The van der Waals surface area contributed by atoms with Crippen molar-refractivity contribution in [2.24, 2.45) is 0 Å². The lowest BCUT2D eigenvalue weighted by Crippen LogP contribution is -2.63. The molecule has 0 aliphatic carbocycles. The molecule has 2 rings (SSSR count). The summed E-state index contributed by atoms with van der Waals surface area (Å²) < 4.78 is 26.0. The van der Waals surface area contributed by atoms with E-state index in [9.17, 15) is 0 Å². The van der Waals surface area contributed by atoms with Crippen LogP contribution in [0.15, 0.2) is 60.7 Å². The molecule has 0 amide bonds. The molecule has 2 aromatic rings. The van der Waals surface area contributed by atoms with Gasteiger partial charge in [-0.1, -0.05) is 60.7 Å². The van der Waals surface area contributed by atoms with Gasteiger partial charge in [0.1, 0.15) is 0 Å². The maximum Gasteiger partial charge on any atom is 0.454 e. The zero-order chi connectivity index (χ0) is 20.8. The lowest BCUT2D eigenvalue weighted by molar-refractivity contribution is 0.276. The van der Waals surface area contributed by atoms with Crippen LogP contribution in [0.25, 0.3) is 0 Å². The Balaban J connectivity index is 2.38. The highest BCUT2D eigenvalue weighted by Crippen LogP contribution is 2.16. The van der Waals surface area contributed by atoms with Gasteiger partial charge in [-0.25, -0.2) is 0 Å². The summed E-state index contributed by atoms with van der Waals surface area (Å²) >= 11 is 0. The minimum Gasteiger partial charge on any atom is -0.439 e. The van der Waals surface area contributed by atoms with Crippen LogP contribution in [-0.2, 0) is 16.5 Å². The van der Waals surface area contributed by atoms with Crippen molar-refractivity contribution in [3.63, 3.8) is 0 Å². The smallest absolute Gasteiger partial charge is 0.439 e. The van der Waals surface area contributed by atoms with Crippen LogP contribution < -0.4 is 10.4 Å². The molecule has 1 unspecified atom stereocenters. The zero-order valence-corrected chi connectivity index (χ0v) is 23.6. The van der Waals surface area contributed by atoms with Gasteiger partial charge in [-0.2, -0.15) is 0 Å². The molecule has 9 heteroatoms. The fourth-order valence-electron chi connectivity index (χ4n) is 3.14. The van der Waals surface area contributed by atoms with Gasteiger partial charge in [-0.3, -0.25) is 0 Å². The predicted octanol–water partition coefficient (Wildman–Crippen LogP) is 2.83. The Morgan fingerprint density at radius 2 is 1.07 bits per heavy atom. The first-order chi connectivity index (χ1) is 13.1. The molecule has 0 aliphatic rings. The van der Waals surface area contributed by atoms with Gasteiger partial charge in [0.25, 0.3) is 0 Å². The fraction of sp³-hybridized carbons (Fsp3) is 0.368. The first kappa shape index (κ1) is 23.6. The highest BCUT2D eigenvalue weighted by Gasteiger charge is 2.41. The Labute approximate surface area is 177 Å². The summed E-state index contributed by atoms with van der Waals surface area (Å²) in [4.78, 5) is 0. The lowest BCUT2D eigenvalue weighted by atomic mass is 10.4. The summed E-state index contributed by atoms with van der Waals surface area (Å²) in [5.74, 6) is 0. The molecule has 4 nitrogen and oxygen atoms in total. The number of benzene rings is 2. The molecule has 0 heterocycles. The molecule has 0 spiro atoms. The van der Waals surface area contributed by atoms with Crippen molar-refractivity contribution >= 4 is 54.9 Å². The maximum absolute atomic E-state index is 6.88. The van der Waals surface area contributed by atoms with E-state index in [-0.39, 0.29) is 0 Å². The van der Waals surface area contributed by atoms with Crippen molar-refractivity contribution in [2.75, 3.05) is 0 Å². The molecular formula is C19H34O4Si5. The average molecular weight is 467 g/mol. The van der Waals surface area contributed by atoms with E-state index in [1.165, 1.54) is 10.4 Å². The van der Waals surface area contributed by atoms with E-state index in [2.05, 4.69) is 94.4 Å². The Bertz CT molecular complexity index is 673. The van der Waals surface area contributed by atoms with Gasteiger partial charge in [0.15, 0.2) is 18.1 Å². The predicted molar refractivity (Wildman–Crippen MR) is 130 cm³/mol. The Kier molecular flexibility index (Phi) is 8.79. The molecule has 0 aliphatic heterocycles.